The lowest BCUT2D eigenvalue weighted by Crippen LogP contribution is -2.50. The van der Waals surface area contributed by atoms with Crippen LogP contribution in [0.5, 0.6) is 0 Å². The van der Waals surface area contributed by atoms with E-state index in [1.165, 1.54) is 13.8 Å². The molecule has 0 spiro atoms. The number of rotatable bonds is 15. The molecular formula is C28H34O6. The van der Waals surface area contributed by atoms with Gasteiger partial charge in [-0.25, -0.2) is 0 Å². The fourth-order valence-corrected chi connectivity index (χ4v) is 3.57. The molecule has 0 radical (unpaired) electrons. The molecule has 0 saturated heterocycles. The predicted octanol–water partition coefficient (Wildman–Crippen LogP) is 5.17. The van der Waals surface area contributed by atoms with Crippen LogP contribution in [0.25, 0.3) is 0 Å². The molecule has 0 unspecified atom stereocenters. The van der Waals surface area contributed by atoms with Crippen molar-refractivity contribution in [2.24, 2.45) is 0 Å². The maximum absolute atomic E-state index is 12.1. The highest BCUT2D eigenvalue weighted by Gasteiger charge is 2.40. The summed E-state index contributed by atoms with van der Waals surface area (Å²) in [5.41, 5.74) is 1.93. The second-order valence-electron chi connectivity index (χ2n) is 7.87. The van der Waals surface area contributed by atoms with Gasteiger partial charge in [0.15, 0.2) is 12.2 Å². The molecule has 182 valence electrons. The van der Waals surface area contributed by atoms with Crippen molar-refractivity contribution in [2.75, 3.05) is 0 Å². The largest absolute Gasteiger partial charge is 0.456 e. The summed E-state index contributed by atoms with van der Waals surface area (Å²) in [5, 5.41) is 0. The van der Waals surface area contributed by atoms with E-state index >= 15 is 0 Å². The molecular weight excluding hydrogens is 432 g/mol. The zero-order chi connectivity index (χ0) is 24.8. The van der Waals surface area contributed by atoms with Gasteiger partial charge in [0, 0.05) is 13.8 Å². The van der Waals surface area contributed by atoms with Gasteiger partial charge < -0.3 is 18.9 Å². The minimum absolute atomic E-state index is 0.293. The summed E-state index contributed by atoms with van der Waals surface area (Å²) in [4.78, 5) is 24.2. The first kappa shape index (κ1) is 27.0. The molecule has 34 heavy (non-hydrogen) atoms. The normalized spacial score (nSPS) is 14.3. The van der Waals surface area contributed by atoms with Crippen LogP contribution in [-0.4, -0.2) is 36.4 Å². The van der Waals surface area contributed by atoms with Crippen molar-refractivity contribution >= 4 is 11.9 Å². The molecule has 0 aliphatic carbocycles. The summed E-state index contributed by atoms with van der Waals surface area (Å²) in [7, 11) is 0. The van der Waals surface area contributed by atoms with E-state index in [1.54, 1.807) is 12.2 Å². The Hall–Kier alpha value is -3.22. The van der Waals surface area contributed by atoms with Crippen molar-refractivity contribution in [1.82, 2.24) is 0 Å². The molecule has 0 aromatic heterocycles. The van der Waals surface area contributed by atoms with E-state index in [4.69, 9.17) is 18.9 Å². The lowest BCUT2D eigenvalue weighted by molar-refractivity contribution is -0.196. The molecule has 0 amide bonds. The fraction of sp³-hybridized carbons (Fsp3) is 0.357. The van der Waals surface area contributed by atoms with E-state index < -0.39 is 36.4 Å². The molecule has 0 fully saturated rings. The maximum atomic E-state index is 12.1. The van der Waals surface area contributed by atoms with Crippen LogP contribution in [-0.2, 0) is 41.8 Å². The average molecular weight is 467 g/mol. The van der Waals surface area contributed by atoms with Crippen LogP contribution in [0.4, 0.5) is 0 Å². The Kier molecular flexibility index (Phi) is 11.8. The van der Waals surface area contributed by atoms with Crippen LogP contribution in [0.15, 0.2) is 86.0 Å². The van der Waals surface area contributed by atoms with Gasteiger partial charge in [-0.15, -0.1) is 13.2 Å². The first-order valence-corrected chi connectivity index (χ1v) is 11.3. The van der Waals surface area contributed by atoms with Crippen molar-refractivity contribution in [3.8, 4) is 0 Å². The van der Waals surface area contributed by atoms with Gasteiger partial charge in [0.25, 0.3) is 0 Å². The molecule has 0 N–H and O–H groups in total. The van der Waals surface area contributed by atoms with Crippen molar-refractivity contribution in [3.05, 3.63) is 97.1 Å². The number of carbonyl (C=O) groups excluding carboxylic acids is 2. The van der Waals surface area contributed by atoms with Crippen LogP contribution in [0.3, 0.4) is 0 Å². The van der Waals surface area contributed by atoms with E-state index in [0.29, 0.717) is 26.1 Å². The van der Waals surface area contributed by atoms with Gasteiger partial charge in [-0.2, -0.15) is 0 Å². The Morgan fingerprint density at radius 3 is 1.35 bits per heavy atom. The number of benzene rings is 2. The molecule has 0 bridgehead atoms. The van der Waals surface area contributed by atoms with Gasteiger partial charge in [-0.3, -0.25) is 9.59 Å². The average Bonchev–Trinajstić information content (AvgIpc) is 2.83. The quantitative estimate of drug-likeness (QED) is 0.266. The van der Waals surface area contributed by atoms with Crippen LogP contribution < -0.4 is 0 Å². The Morgan fingerprint density at radius 2 is 1.06 bits per heavy atom. The van der Waals surface area contributed by atoms with Gasteiger partial charge in [0.1, 0.15) is 12.2 Å². The Morgan fingerprint density at radius 1 is 0.706 bits per heavy atom. The van der Waals surface area contributed by atoms with Gasteiger partial charge in [-0.05, 0) is 24.0 Å². The number of carbonyl (C=O) groups is 2. The lowest BCUT2D eigenvalue weighted by atomic mass is 9.97. The molecule has 6 nitrogen and oxygen atoms in total. The molecule has 0 aliphatic heterocycles. The summed E-state index contributed by atoms with van der Waals surface area (Å²) in [6.45, 7) is 10.8. The van der Waals surface area contributed by atoms with Gasteiger partial charge in [0.05, 0.1) is 13.2 Å². The highest BCUT2D eigenvalue weighted by atomic mass is 16.6. The third-order valence-electron chi connectivity index (χ3n) is 5.07. The van der Waals surface area contributed by atoms with Crippen molar-refractivity contribution in [2.45, 2.75) is 64.3 Å². The van der Waals surface area contributed by atoms with Gasteiger partial charge >= 0.3 is 11.9 Å². The SMILES string of the molecule is C=CC[C@@H](OCc1ccccc1)[C@@H](OC(C)=O)[C@H](OC(C)=O)[C@@H](CC=C)OCc1ccccc1. The molecule has 2 rings (SSSR count). The van der Waals surface area contributed by atoms with Crippen LogP contribution in [0.2, 0.25) is 0 Å². The highest BCUT2D eigenvalue weighted by Crippen LogP contribution is 2.24. The lowest BCUT2D eigenvalue weighted by Gasteiger charge is -2.36. The monoisotopic (exact) mass is 466 g/mol. The van der Waals surface area contributed by atoms with E-state index in [9.17, 15) is 9.59 Å². The first-order valence-electron chi connectivity index (χ1n) is 11.3. The van der Waals surface area contributed by atoms with Crippen LogP contribution in [0.1, 0.15) is 37.8 Å². The molecule has 0 aliphatic rings. The minimum Gasteiger partial charge on any atom is -0.456 e. The highest BCUT2D eigenvalue weighted by molar-refractivity contribution is 5.67. The summed E-state index contributed by atoms with van der Waals surface area (Å²) >= 11 is 0. The summed E-state index contributed by atoms with van der Waals surface area (Å²) in [6, 6.07) is 19.3. The summed E-state index contributed by atoms with van der Waals surface area (Å²) < 4.78 is 23.7. The third-order valence-corrected chi connectivity index (χ3v) is 5.07. The summed E-state index contributed by atoms with van der Waals surface area (Å²) in [5.74, 6) is -1.03. The number of esters is 2. The molecule has 2 aromatic rings. The minimum atomic E-state index is -0.913. The van der Waals surface area contributed by atoms with Gasteiger partial charge in [-0.1, -0.05) is 72.8 Å². The maximum Gasteiger partial charge on any atom is 0.303 e. The van der Waals surface area contributed by atoms with Crippen molar-refractivity contribution in [3.63, 3.8) is 0 Å². The standard InChI is InChI=1S/C28H34O6/c1-5-13-25(31-19-23-15-9-7-10-16-23)27(33-21(3)29)28(34-22(4)30)26(14-6-2)32-20-24-17-11-8-12-18-24/h5-12,15-18,25-28H,1-2,13-14,19-20H2,3-4H3/t25-,26-,27-,28-/m1/s1. The van der Waals surface area contributed by atoms with Gasteiger partial charge in [0.2, 0.25) is 0 Å². The topological polar surface area (TPSA) is 71.1 Å². The van der Waals surface area contributed by atoms with E-state index in [1.807, 2.05) is 60.7 Å². The van der Waals surface area contributed by atoms with Crippen molar-refractivity contribution < 1.29 is 28.5 Å². The smallest absolute Gasteiger partial charge is 0.303 e. The zero-order valence-electron chi connectivity index (χ0n) is 19.9. The van der Waals surface area contributed by atoms with E-state index in [2.05, 4.69) is 13.2 Å². The molecule has 4 atom stereocenters. The fourth-order valence-electron chi connectivity index (χ4n) is 3.57. The van der Waals surface area contributed by atoms with Crippen LogP contribution in [0, 0.1) is 0 Å². The van der Waals surface area contributed by atoms with Crippen LogP contribution >= 0.6 is 0 Å². The summed E-state index contributed by atoms with van der Waals surface area (Å²) in [6.07, 6.45) is 1.07. The number of hydrogen-bond donors (Lipinski definition) is 0. The molecule has 0 heterocycles. The third kappa shape index (κ3) is 9.33. The molecule has 6 heteroatoms. The number of hydrogen-bond acceptors (Lipinski definition) is 6. The first-order chi connectivity index (χ1) is 16.4. The van der Waals surface area contributed by atoms with Crippen molar-refractivity contribution in [1.29, 1.82) is 0 Å². The predicted molar refractivity (Wildman–Crippen MR) is 131 cm³/mol. The Labute approximate surface area is 202 Å². The van der Waals surface area contributed by atoms with E-state index in [-0.39, 0.29) is 0 Å². The second-order valence-corrected chi connectivity index (χ2v) is 7.87. The zero-order valence-corrected chi connectivity index (χ0v) is 19.9. The Balaban J connectivity index is 2.33. The number of ether oxygens (including phenoxy) is 4. The second kappa shape index (κ2) is 14.8. The Bertz CT molecular complexity index is 820. The molecule has 2 aromatic carbocycles. The van der Waals surface area contributed by atoms with E-state index in [0.717, 1.165) is 11.1 Å². The molecule has 0 saturated carbocycles.